The summed E-state index contributed by atoms with van der Waals surface area (Å²) in [5, 5.41) is 15.8. The monoisotopic (exact) mass is 373 g/mol. The molecule has 0 bridgehead atoms. The quantitative estimate of drug-likeness (QED) is 0.671. The molecular weight excluding hydrogens is 358 g/mol. The minimum absolute atomic E-state index is 0.0879. The van der Waals surface area contributed by atoms with E-state index in [1.165, 1.54) is 11.8 Å². The lowest BCUT2D eigenvalue weighted by Gasteiger charge is -2.14. The average Bonchev–Trinajstić information content (AvgIpc) is 3.10. The van der Waals surface area contributed by atoms with Crippen molar-refractivity contribution in [2.75, 3.05) is 5.75 Å². The normalized spacial score (nSPS) is 11.9. The first-order valence-corrected chi connectivity index (χ1v) is 9.01. The van der Waals surface area contributed by atoms with Crippen molar-refractivity contribution in [1.82, 2.24) is 25.5 Å². The van der Waals surface area contributed by atoms with Crippen molar-refractivity contribution in [2.24, 2.45) is 0 Å². The van der Waals surface area contributed by atoms with Crippen molar-refractivity contribution in [3.63, 3.8) is 0 Å². The Morgan fingerprint density at radius 1 is 1.20 bits per heavy atom. The zero-order chi connectivity index (χ0) is 17.6. The molecule has 3 rings (SSSR count). The molecule has 0 saturated heterocycles. The molecule has 1 heterocycles. The molecule has 0 aliphatic heterocycles. The summed E-state index contributed by atoms with van der Waals surface area (Å²) in [6.45, 7) is 1.93. The molecule has 1 N–H and O–H groups in total. The van der Waals surface area contributed by atoms with Gasteiger partial charge in [-0.1, -0.05) is 53.7 Å². The van der Waals surface area contributed by atoms with Gasteiger partial charge in [0.05, 0.1) is 17.5 Å². The molecule has 8 heteroatoms. The van der Waals surface area contributed by atoms with Gasteiger partial charge in [0.25, 0.3) is 0 Å². The van der Waals surface area contributed by atoms with Crippen LogP contribution in [0.2, 0.25) is 5.02 Å². The molecule has 1 atom stereocenters. The first-order chi connectivity index (χ1) is 12.1. The van der Waals surface area contributed by atoms with E-state index in [4.69, 9.17) is 11.6 Å². The third-order valence-corrected chi connectivity index (χ3v) is 4.69. The van der Waals surface area contributed by atoms with Gasteiger partial charge < -0.3 is 5.32 Å². The van der Waals surface area contributed by atoms with E-state index >= 15 is 0 Å². The molecule has 1 amide bonds. The van der Waals surface area contributed by atoms with Crippen molar-refractivity contribution in [3.8, 4) is 5.69 Å². The molecule has 3 aromatic rings. The van der Waals surface area contributed by atoms with E-state index in [-0.39, 0.29) is 17.7 Å². The lowest BCUT2D eigenvalue weighted by Crippen LogP contribution is -2.28. The van der Waals surface area contributed by atoms with Crippen LogP contribution in [-0.2, 0) is 4.79 Å². The number of benzene rings is 2. The van der Waals surface area contributed by atoms with Crippen LogP contribution in [0.5, 0.6) is 0 Å². The number of carbonyl (C=O) groups is 1. The molecule has 0 unspecified atom stereocenters. The summed E-state index contributed by atoms with van der Waals surface area (Å²) < 4.78 is 1.61. The van der Waals surface area contributed by atoms with Gasteiger partial charge in [0.15, 0.2) is 0 Å². The highest BCUT2D eigenvalue weighted by molar-refractivity contribution is 7.99. The van der Waals surface area contributed by atoms with E-state index in [1.54, 1.807) is 4.68 Å². The lowest BCUT2D eigenvalue weighted by atomic mass is 10.1. The third-order valence-electron chi connectivity index (χ3n) is 3.52. The molecule has 25 heavy (non-hydrogen) atoms. The Morgan fingerprint density at radius 2 is 1.92 bits per heavy atom. The summed E-state index contributed by atoms with van der Waals surface area (Å²) in [6, 6.07) is 16.9. The number of aromatic nitrogens is 4. The highest BCUT2D eigenvalue weighted by Gasteiger charge is 2.13. The lowest BCUT2D eigenvalue weighted by molar-refractivity contribution is -0.119. The van der Waals surface area contributed by atoms with Crippen LogP contribution in [0.25, 0.3) is 5.69 Å². The van der Waals surface area contributed by atoms with Crippen LogP contribution >= 0.6 is 23.4 Å². The standard InChI is InChI=1S/C17H16ClN5OS/c1-12(13-7-9-14(18)10-8-13)19-16(24)11-25-17-20-21-22-23(17)15-5-3-2-4-6-15/h2-10,12H,11H2,1H3,(H,19,24)/t12-/m1/s1. The van der Waals surface area contributed by atoms with Gasteiger partial charge in [0.2, 0.25) is 11.1 Å². The fourth-order valence-electron chi connectivity index (χ4n) is 2.25. The number of nitrogens with zero attached hydrogens (tertiary/aromatic N) is 4. The van der Waals surface area contributed by atoms with Crippen molar-refractivity contribution < 1.29 is 4.79 Å². The number of carbonyl (C=O) groups excluding carboxylic acids is 1. The Morgan fingerprint density at radius 3 is 2.64 bits per heavy atom. The smallest absolute Gasteiger partial charge is 0.230 e. The molecule has 0 saturated carbocycles. The Bertz CT molecular complexity index is 838. The van der Waals surface area contributed by atoms with E-state index in [0.717, 1.165) is 11.3 Å². The van der Waals surface area contributed by atoms with E-state index in [1.807, 2.05) is 61.5 Å². The van der Waals surface area contributed by atoms with Crippen molar-refractivity contribution in [2.45, 2.75) is 18.1 Å². The summed E-state index contributed by atoms with van der Waals surface area (Å²) in [6.07, 6.45) is 0. The molecule has 0 aliphatic carbocycles. The number of nitrogens with one attached hydrogen (secondary N) is 1. The van der Waals surface area contributed by atoms with E-state index in [2.05, 4.69) is 20.8 Å². The van der Waals surface area contributed by atoms with Gasteiger partial charge in [-0.05, 0) is 47.2 Å². The highest BCUT2D eigenvalue weighted by Crippen LogP contribution is 2.19. The summed E-state index contributed by atoms with van der Waals surface area (Å²) in [5.41, 5.74) is 1.85. The van der Waals surface area contributed by atoms with Crippen LogP contribution in [0.1, 0.15) is 18.5 Å². The maximum absolute atomic E-state index is 12.2. The van der Waals surface area contributed by atoms with Gasteiger partial charge >= 0.3 is 0 Å². The number of hydrogen-bond acceptors (Lipinski definition) is 5. The summed E-state index contributed by atoms with van der Waals surface area (Å²) in [7, 11) is 0. The Balaban J connectivity index is 1.58. The van der Waals surface area contributed by atoms with Crippen LogP contribution in [0.15, 0.2) is 59.8 Å². The predicted molar refractivity (Wildman–Crippen MR) is 97.9 cm³/mol. The largest absolute Gasteiger partial charge is 0.349 e. The summed E-state index contributed by atoms with van der Waals surface area (Å²) in [5.74, 6) is 0.139. The molecule has 128 valence electrons. The number of hydrogen-bond donors (Lipinski definition) is 1. The molecule has 6 nitrogen and oxygen atoms in total. The topological polar surface area (TPSA) is 72.7 Å². The maximum Gasteiger partial charge on any atom is 0.230 e. The van der Waals surface area contributed by atoms with Gasteiger partial charge in [0.1, 0.15) is 0 Å². The second-order valence-electron chi connectivity index (χ2n) is 5.34. The van der Waals surface area contributed by atoms with E-state index in [0.29, 0.717) is 10.2 Å². The number of para-hydroxylation sites is 1. The summed E-state index contributed by atoms with van der Waals surface area (Å²) >= 11 is 7.17. The molecule has 0 fully saturated rings. The molecule has 0 aliphatic rings. The SMILES string of the molecule is C[C@@H](NC(=O)CSc1nnnn1-c1ccccc1)c1ccc(Cl)cc1. The van der Waals surface area contributed by atoms with Crippen LogP contribution in [-0.4, -0.2) is 31.9 Å². The Labute approximate surface area is 154 Å². The number of thioether (sulfide) groups is 1. The first-order valence-electron chi connectivity index (χ1n) is 7.65. The van der Waals surface area contributed by atoms with Gasteiger partial charge in [-0.25, -0.2) is 0 Å². The van der Waals surface area contributed by atoms with Crippen LogP contribution < -0.4 is 5.32 Å². The zero-order valence-electron chi connectivity index (χ0n) is 13.5. The average molecular weight is 374 g/mol. The second-order valence-corrected chi connectivity index (χ2v) is 6.72. The molecule has 0 radical (unpaired) electrons. The number of tetrazole rings is 1. The van der Waals surface area contributed by atoms with Gasteiger partial charge in [0, 0.05) is 5.02 Å². The fraction of sp³-hybridized carbons (Fsp3) is 0.176. The fourth-order valence-corrected chi connectivity index (χ4v) is 3.08. The maximum atomic E-state index is 12.2. The first kappa shape index (κ1) is 17.4. The van der Waals surface area contributed by atoms with E-state index < -0.39 is 0 Å². The van der Waals surface area contributed by atoms with Crippen molar-refractivity contribution in [3.05, 3.63) is 65.2 Å². The predicted octanol–water partition coefficient (Wildman–Crippen LogP) is 3.29. The Hall–Kier alpha value is -2.38. The third kappa shape index (κ3) is 4.58. The minimum atomic E-state index is -0.101. The number of amides is 1. The zero-order valence-corrected chi connectivity index (χ0v) is 15.0. The van der Waals surface area contributed by atoms with Gasteiger partial charge in [-0.2, -0.15) is 4.68 Å². The van der Waals surface area contributed by atoms with Crippen LogP contribution in [0, 0.1) is 0 Å². The molecular formula is C17H16ClN5OS. The van der Waals surface area contributed by atoms with E-state index in [9.17, 15) is 4.79 Å². The van der Waals surface area contributed by atoms with Gasteiger partial charge in [-0.15, -0.1) is 5.10 Å². The Kier molecular flexibility index (Phi) is 5.67. The second kappa shape index (κ2) is 8.13. The molecule has 0 spiro atoms. The number of rotatable bonds is 6. The van der Waals surface area contributed by atoms with Crippen molar-refractivity contribution in [1.29, 1.82) is 0 Å². The number of halogens is 1. The minimum Gasteiger partial charge on any atom is -0.349 e. The molecule has 1 aromatic heterocycles. The summed E-state index contributed by atoms with van der Waals surface area (Å²) in [4.78, 5) is 12.2. The van der Waals surface area contributed by atoms with Crippen LogP contribution in [0.3, 0.4) is 0 Å². The highest BCUT2D eigenvalue weighted by atomic mass is 35.5. The van der Waals surface area contributed by atoms with Crippen LogP contribution in [0.4, 0.5) is 0 Å². The van der Waals surface area contributed by atoms with Crippen molar-refractivity contribution >= 4 is 29.3 Å². The molecule has 2 aromatic carbocycles. The van der Waals surface area contributed by atoms with Gasteiger partial charge in [-0.3, -0.25) is 4.79 Å².